The molecule has 2 aromatic rings. The molecule has 0 atom stereocenters. The molecule has 0 unspecified atom stereocenters. The highest BCUT2D eigenvalue weighted by Gasteiger charge is 2.20. The summed E-state index contributed by atoms with van der Waals surface area (Å²) < 4.78 is 16.5. The highest BCUT2D eigenvalue weighted by atomic mass is 32.2. The number of hydrogen-bond acceptors (Lipinski definition) is 7. The molecule has 0 radical (unpaired) electrons. The quantitative estimate of drug-likeness (QED) is 0.849. The number of hydrogen-bond donors (Lipinski definition) is 1. The molecule has 1 fully saturated rings. The maximum Gasteiger partial charge on any atom is 0.223 e. The van der Waals surface area contributed by atoms with Crippen LogP contribution in [0, 0.1) is 19.7 Å². The lowest BCUT2D eigenvalue weighted by Crippen LogP contribution is -2.35. The summed E-state index contributed by atoms with van der Waals surface area (Å²) in [5.74, 6) is 0.0916. The zero-order valence-electron chi connectivity index (χ0n) is 13.5. The third-order valence-electron chi connectivity index (χ3n) is 3.91. The molecule has 0 spiro atoms. The van der Waals surface area contributed by atoms with Gasteiger partial charge in [-0.3, -0.25) is 4.31 Å². The summed E-state index contributed by atoms with van der Waals surface area (Å²) in [5.41, 5.74) is 1.15. The van der Waals surface area contributed by atoms with Gasteiger partial charge in [0.1, 0.15) is 5.69 Å². The summed E-state index contributed by atoms with van der Waals surface area (Å²) in [4.78, 5) is 13.6. The number of piperidine rings is 1. The number of nitrogens with one attached hydrogen (secondary N) is 1. The number of aromatic nitrogens is 3. The minimum Gasteiger partial charge on any atom is -0.351 e. The average molecular weight is 353 g/mol. The maximum absolute atomic E-state index is 14.1. The molecular formula is C15H20FN5S2. The molecule has 2 aromatic heterocycles. The van der Waals surface area contributed by atoms with Crippen LogP contribution in [0.5, 0.6) is 0 Å². The first-order valence-corrected chi connectivity index (χ1v) is 9.59. The second-order valence-electron chi connectivity index (χ2n) is 5.57. The molecule has 23 heavy (non-hydrogen) atoms. The van der Waals surface area contributed by atoms with Crippen molar-refractivity contribution >= 4 is 29.2 Å². The molecule has 0 bridgehead atoms. The van der Waals surface area contributed by atoms with E-state index in [0.717, 1.165) is 41.5 Å². The maximum atomic E-state index is 14.1. The standard InChI is InChI=1S/C15H20FN5S2/c1-9-14(23-10(2)18-9)13-12(16)8-17-15(20-13)19-11-4-6-21(22-3)7-5-11/h8,11H,4-7H2,1-3H3,(H,17,19,20). The van der Waals surface area contributed by atoms with Crippen LogP contribution < -0.4 is 5.32 Å². The highest BCUT2D eigenvalue weighted by Crippen LogP contribution is 2.30. The highest BCUT2D eigenvalue weighted by molar-refractivity contribution is 7.96. The van der Waals surface area contributed by atoms with Crippen molar-refractivity contribution in [3.05, 3.63) is 22.7 Å². The molecular weight excluding hydrogens is 333 g/mol. The van der Waals surface area contributed by atoms with Gasteiger partial charge in [-0.05, 0) is 32.9 Å². The van der Waals surface area contributed by atoms with Crippen LogP contribution in [0.25, 0.3) is 10.6 Å². The van der Waals surface area contributed by atoms with E-state index in [0.29, 0.717) is 17.7 Å². The third kappa shape index (κ3) is 3.81. The number of nitrogens with zero attached hydrogens (tertiary/aromatic N) is 4. The summed E-state index contributed by atoms with van der Waals surface area (Å²) in [6, 6.07) is 0.334. The Bertz CT molecular complexity index is 683. The first-order valence-electron chi connectivity index (χ1n) is 7.59. The van der Waals surface area contributed by atoms with Gasteiger partial charge in [0.05, 0.1) is 21.8 Å². The minimum absolute atomic E-state index is 0.334. The van der Waals surface area contributed by atoms with Crippen molar-refractivity contribution in [2.75, 3.05) is 24.7 Å². The Hall–Kier alpha value is -1.25. The fraction of sp³-hybridized carbons (Fsp3) is 0.533. The molecule has 1 saturated heterocycles. The van der Waals surface area contributed by atoms with Crippen molar-refractivity contribution < 1.29 is 4.39 Å². The molecule has 0 amide bonds. The Labute approximate surface area is 143 Å². The minimum atomic E-state index is -0.403. The fourth-order valence-electron chi connectivity index (χ4n) is 2.71. The normalized spacial score (nSPS) is 16.7. The van der Waals surface area contributed by atoms with Crippen LogP contribution in [0.3, 0.4) is 0 Å². The summed E-state index contributed by atoms with van der Waals surface area (Å²) >= 11 is 3.24. The smallest absolute Gasteiger partial charge is 0.223 e. The van der Waals surface area contributed by atoms with Gasteiger partial charge < -0.3 is 5.32 Å². The first-order chi connectivity index (χ1) is 11.1. The van der Waals surface area contributed by atoms with Gasteiger partial charge in [-0.15, -0.1) is 11.3 Å². The van der Waals surface area contributed by atoms with Gasteiger partial charge in [0.15, 0.2) is 5.82 Å². The monoisotopic (exact) mass is 353 g/mol. The Morgan fingerprint density at radius 1 is 1.30 bits per heavy atom. The van der Waals surface area contributed by atoms with Crippen molar-refractivity contribution in [3.8, 4) is 10.6 Å². The Morgan fingerprint density at radius 3 is 2.65 bits per heavy atom. The van der Waals surface area contributed by atoms with Gasteiger partial charge in [0, 0.05) is 19.1 Å². The lowest BCUT2D eigenvalue weighted by atomic mass is 10.1. The largest absolute Gasteiger partial charge is 0.351 e. The van der Waals surface area contributed by atoms with Gasteiger partial charge >= 0.3 is 0 Å². The van der Waals surface area contributed by atoms with Crippen molar-refractivity contribution in [3.63, 3.8) is 0 Å². The van der Waals surface area contributed by atoms with E-state index >= 15 is 0 Å². The molecule has 3 heterocycles. The van der Waals surface area contributed by atoms with E-state index in [1.165, 1.54) is 17.5 Å². The van der Waals surface area contributed by atoms with Gasteiger partial charge in [0.25, 0.3) is 0 Å². The number of aryl methyl sites for hydroxylation is 2. The first kappa shape index (κ1) is 16.6. The van der Waals surface area contributed by atoms with Crippen LogP contribution >= 0.6 is 23.3 Å². The molecule has 8 heteroatoms. The molecule has 3 rings (SSSR count). The molecule has 1 aliphatic heterocycles. The Morgan fingerprint density at radius 2 is 2.04 bits per heavy atom. The van der Waals surface area contributed by atoms with Gasteiger partial charge in [-0.1, -0.05) is 11.9 Å². The van der Waals surface area contributed by atoms with Crippen LogP contribution in [0.15, 0.2) is 6.20 Å². The zero-order chi connectivity index (χ0) is 16.4. The van der Waals surface area contributed by atoms with E-state index in [1.54, 1.807) is 11.9 Å². The molecule has 1 aliphatic rings. The predicted molar refractivity (Wildman–Crippen MR) is 94.3 cm³/mol. The molecule has 0 aromatic carbocycles. The Balaban J connectivity index is 1.77. The summed E-state index contributed by atoms with van der Waals surface area (Å²) in [5, 5.41) is 4.26. The molecule has 5 nitrogen and oxygen atoms in total. The van der Waals surface area contributed by atoms with Crippen LogP contribution in [-0.4, -0.2) is 44.6 Å². The van der Waals surface area contributed by atoms with Crippen molar-refractivity contribution in [2.24, 2.45) is 0 Å². The van der Waals surface area contributed by atoms with E-state index in [-0.39, 0.29) is 0 Å². The van der Waals surface area contributed by atoms with E-state index in [9.17, 15) is 4.39 Å². The predicted octanol–water partition coefficient (Wildman–Crippen LogP) is 3.51. The van der Waals surface area contributed by atoms with Crippen LogP contribution in [0.2, 0.25) is 0 Å². The number of rotatable bonds is 4. The summed E-state index contributed by atoms with van der Waals surface area (Å²) in [7, 11) is 0. The molecule has 124 valence electrons. The summed E-state index contributed by atoms with van der Waals surface area (Å²) in [6.07, 6.45) is 5.42. The number of thiazole rings is 1. The van der Waals surface area contributed by atoms with Crippen molar-refractivity contribution in [2.45, 2.75) is 32.7 Å². The lowest BCUT2D eigenvalue weighted by Gasteiger charge is -2.30. The fourth-order valence-corrected chi connectivity index (χ4v) is 4.20. The summed E-state index contributed by atoms with van der Waals surface area (Å²) in [6.45, 7) is 5.88. The lowest BCUT2D eigenvalue weighted by molar-refractivity contribution is 0.358. The second kappa shape index (κ2) is 7.11. The van der Waals surface area contributed by atoms with E-state index in [1.807, 2.05) is 13.8 Å². The number of anilines is 1. The topological polar surface area (TPSA) is 53.9 Å². The number of halogens is 1. The van der Waals surface area contributed by atoms with Crippen molar-refractivity contribution in [1.29, 1.82) is 0 Å². The third-order valence-corrected chi connectivity index (χ3v) is 5.87. The molecule has 0 aliphatic carbocycles. The van der Waals surface area contributed by atoms with Crippen LogP contribution in [-0.2, 0) is 0 Å². The van der Waals surface area contributed by atoms with E-state index in [2.05, 4.69) is 30.8 Å². The van der Waals surface area contributed by atoms with Crippen LogP contribution in [0.1, 0.15) is 23.5 Å². The molecule has 0 saturated carbocycles. The van der Waals surface area contributed by atoms with E-state index < -0.39 is 5.82 Å². The van der Waals surface area contributed by atoms with Gasteiger partial charge in [-0.2, -0.15) is 0 Å². The van der Waals surface area contributed by atoms with Crippen molar-refractivity contribution in [1.82, 2.24) is 19.3 Å². The second-order valence-corrected chi connectivity index (χ2v) is 7.65. The average Bonchev–Trinajstić information content (AvgIpc) is 2.88. The molecule has 1 N–H and O–H groups in total. The van der Waals surface area contributed by atoms with Crippen LogP contribution in [0.4, 0.5) is 10.3 Å². The van der Waals surface area contributed by atoms with E-state index in [4.69, 9.17) is 0 Å². The zero-order valence-corrected chi connectivity index (χ0v) is 15.1. The van der Waals surface area contributed by atoms with Gasteiger partial charge in [0.2, 0.25) is 5.95 Å². The Kier molecular flexibility index (Phi) is 5.13. The van der Waals surface area contributed by atoms with Gasteiger partial charge in [-0.25, -0.2) is 19.3 Å². The SMILES string of the molecule is CSN1CCC(Nc2ncc(F)c(-c3sc(C)nc3C)n2)CC1.